The molecular weight excluding hydrogens is 668 g/mol. The van der Waals surface area contributed by atoms with E-state index in [1.54, 1.807) is 17.4 Å². The molecule has 1 aliphatic carbocycles. The first-order valence-corrected chi connectivity index (χ1v) is 16.8. The van der Waals surface area contributed by atoms with Crippen molar-refractivity contribution in [3.63, 3.8) is 0 Å². The van der Waals surface area contributed by atoms with Crippen LogP contribution in [0.15, 0.2) is 84.0 Å². The molecule has 2 amide bonds. The Morgan fingerprint density at radius 1 is 1.09 bits per heavy atom. The number of hydrogen-bond donors (Lipinski definition) is 0. The van der Waals surface area contributed by atoms with Crippen LogP contribution in [0.1, 0.15) is 40.4 Å². The second-order valence-corrected chi connectivity index (χ2v) is 13.2. The number of aryl methyl sites for hydroxylation is 3. The highest BCUT2D eigenvalue weighted by Crippen LogP contribution is 2.38. The van der Waals surface area contributed by atoms with E-state index < -0.39 is 6.04 Å². The van der Waals surface area contributed by atoms with E-state index >= 15 is 0 Å². The summed E-state index contributed by atoms with van der Waals surface area (Å²) in [5, 5.41) is 0.702. The number of halogens is 2. The van der Waals surface area contributed by atoms with E-state index in [1.807, 2.05) is 64.3 Å². The van der Waals surface area contributed by atoms with Crippen molar-refractivity contribution >= 4 is 39.3 Å². The van der Waals surface area contributed by atoms with Crippen LogP contribution in [0.25, 0.3) is 0 Å². The molecule has 9 nitrogen and oxygen atoms in total. The summed E-state index contributed by atoms with van der Waals surface area (Å²) in [7, 11) is 1.51. The van der Waals surface area contributed by atoms with Crippen LogP contribution in [0.3, 0.4) is 0 Å². The molecule has 2 atom stereocenters. The number of methoxy groups -OCH3 is 1. The van der Waals surface area contributed by atoms with E-state index in [0.29, 0.717) is 37.7 Å². The normalized spacial score (nSPS) is 18.0. The van der Waals surface area contributed by atoms with Gasteiger partial charge in [-0.25, -0.2) is 4.98 Å². The largest absolute Gasteiger partial charge is 0.375 e. The summed E-state index contributed by atoms with van der Waals surface area (Å²) in [4.78, 5) is 43.2. The van der Waals surface area contributed by atoms with Crippen molar-refractivity contribution in [2.45, 2.75) is 44.4 Å². The number of aromatic nitrogens is 3. The monoisotopic (exact) mass is 704 g/mol. The number of imidazole rings is 1. The summed E-state index contributed by atoms with van der Waals surface area (Å²) in [6, 6.07) is 17.4. The second kappa shape index (κ2) is 14.9. The van der Waals surface area contributed by atoms with Crippen LogP contribution in [0.4, 0.5) is 0 Å². The average Bonchev–Trinajstić information content (AvgIpc) is 3.53. The quantitative estimate of drug-likeness (QED) is 0.227. The predicted molar refractivity (Wildman–Crippen MR) is 180 cm³/mol. The highest BCUT2D eigenvalue weighted by Gasteiger charge is 2.41. The van der Waals surface area contributed by atoms with Crippen LogP contribution in [-0.4, -0.2) is 87.0 Å². The first kappa shape index (κ1) is 32.4. The minimum Gasteiger partial charge on any atom is -0.375 e. The Hall–Kier alpha value is -3.57. The molecule has 0 spiro atoms. The molecule has 1 saturated heterocycles. The van der Waals surface area contributed by atoms with Crippen molar-refractivity contribution < 1.29 is 14.3 Å². The summed E-state index contributed by atoms with van der Waals surface area (Å²) in [6.45, 7) is 3.01. The van der Waals surface area contributed by atoms with Crippen molar-refractivity contribution in [1.82, 2.24) is 29.2 Å². The molecule has 46 heavy (non-hydrogen) atoms. The van der Waals surface area contributed by atoms with Gasteiger partial charge < -0.3 is 19.1 Å². The summed E-state index contributed by atoms with van der Waals surface area (Å²) in [5.74, 6) is -0.258. The fraction of sp³-hybridized carbons (Fsp3) is 0.371. The van der Waals surface area contributed by atoms with Gasteiger partial charge in [-0.2, -0.15) is 0 Å². The zero-order chi connectivity index (χ0) is 32.0. The summed E-state index contributed by atoms with van der Waals surface area (Å²) >= 11 is 10.1. The van der Waals surface area contributed by atoms with Crippen LogP contribution in [0, 0.1) is 0 Å². The van der Waals surface area contributed by atoms with Crippen LogP contribution < -0.4 is 0 Å². The number of pyridine rings is 1. The van der Waals surface area contributed by atoms with Gasteiger partial charge in [-0.05, 0) is 75.6 Å². The molecule has 240 valence electrons. The molecule has 2 aromatic carbocycles. The van der Waals surface area contributed by atoms with Gasteiger partial charge in [0.25, 0.3) is 0 Å². The second-order valence-electron chi connectivity index (χ2n) is 11.9. The smallest absolute Gasteiger partial charge is 0.249 e. The maximum atomic E-state index is 14.7. The molecule has 1 aliphatic heterocycles. The number of nitrogens with zero attached hydrogens (tertiary/aromatic N) is 6. The average molecular weight is 706 g/mol. The maximum absolute atomic E-state index is 14.7. The first-order valence-electron chi connectivity index (χ1n) is 15.6. The Morgan fingerprint density at radius 2 is 1.91 bits per heavy atom. The molecule has 2 aromatic heterocycles. The Bertz CT molecular complexity index is 1600. The highest BCUT2D eigenvalue weighted by atomic mass is 79.9. The molecule has 1 fully saturated rings. The highest BCUT2D eigenvalue weighted by molar-refractivity contribution is 9.10. The molecule has 0 bridgehead atoms. The van der Waals surface area contributed by atoms with Crippen LogP contribution in [0.2, 0.25) is 5.02 Å². The minimum absolute atomic E-state index is 0.0717. The third kappa shape index (κ3) is 7.36. The van der Waals surface area contributed by atoms with E-state index in [4.69, 9.17) is 21.3 Å². The van der Waals surface area contributed by atoms with Gasteiger partial charge in [0.05, 0.1) is 18.1 Å². The molecule has 0 N–H and O–H groups in total. The van der Waals surface area contributed by atoms with Gasteiger partial charge >= 0.3 is 0 Å². The lowest BCUT2D eigenvalue weighted by atomic mass is 9.95. The number of carbonyl (C=O) groups is 2. The van der Waals surface area contributed by atoms with Gasteiger partial charge in [-0.1, -0.05) is 48.0 Å². The van der Waals surface area contributed by atoms with E-state index in [1.165, 1.54) is 12.7 Å². The predicted octanol–water partition coefficient (Wildman–Crippen LogP) is 5.16. The maximum Gasteiger partial charge on any atom is 0.249 e. The molecule has 3 heterocycles. The van der Waals surface area contributed by atoms with Crippen molar-refractivity contribution in [3.05, 3.63) is 117 Å². The van der Waals surface area contributed by atoms with Crippen LogP contribution in [-0.2, 0) is 40.3 Å². The topological polar surface area (TPSA) is 83.8 Å². The lowest BCUT2D eigenvalue weighted by Crippen LogP contribution is -2.62. The Labute approximate surface area is 283 Å². The summed E-state index contributed by atoms with van der Waals surface area (Å²) < 4.78 is 8.21. The first-order chi connectivity index (χ1) is 22.4. The molecular formula is C35H38BrClN6O3. The number of fused-ring (bicyclic) bond motifs is 2. The molecule has 11 heteroatoms. The number of benzene rings is 2. The molecule has 0 saturated carbocycles. The Morgan fingerprint density at radius 3 is 2.70 bits per heavy atom. The number of piperazine rings is 1. The van der Waals surface area contributed by atoms with Crippen molar-refractivity contribution in [2.75, 3.05) is 39.9 Å². The van der Waals surface area contributed by atoms with Gasteiger partial charge in [0.2, 0.25) is 11.8 Å². The molecule has 6 rings (SSSR count). The van der Waals surface area contributed by atoms with E-state index in [0.717, 1.165) is 52.7 Å². The van der Waals surface area contributed by atoms with Gasteiger partial charge in [-0.3, -0.25) is 19.5 Å². The Balaban J connectivity index is 1.34. The van der Waals surface area contributed by atoms with Crippen LogP contribution in [0.5, 0.6) is 0 Å². The van der Waals surface area contributed by atoms with Crippen molar-refractivity contribution in [3.8, 4) is 0 Å². The third-order valence-corrected chi connectivity index (χ3v) is 9.54. The molecule has 0 unspecified atom stereocenters. The van der Waals surface area contributed by atoms with Crippen LogP contribution >= 0.6 is 27.5 Å². The molecule has 0 radical (unpaired) electrons. The van der Waals surface area contributed by atoms with Crippen molar-refractivity contribution in [2.24, 2.45) is 0 Å². The van der Waals surface area contributed by atoms with Gasteiger partial charge in [0, 0.05) is 74.5 Å². The number of ether oxygens (including phenoxy) is 1. The zero-order valence-electron chi connectivity index (χ0n) is 25.9. The van der Waals surface area contributed by atoms with E-state index in [9.17, 15) is 9.59 Å². The molecule has 2 aliphatic rings. The fourth-order valence-corrected chi connectivity index (χ4v) is 7.26. The lowest BCUT2D eigenvalue weighted by molar-refractivity contribution is -0.152. The van der Waals surface area contributed by atoms with Gasteiger partial charge in [-0.15, -0.1) is 0 Å². The van der Waals surface area contributed by atoms with Gasteiger partial charge in [0.1, 0.15) is 12.6 Å². The SMILES string of the molecule is COCC(=O)N1CCN([C@H]2c3ccc(Cl)cc3CCc3cc(Br)cnc32)C[C@@H]1C(=O)N(CCCn1ccnc1)Cc1ccccc1. The zero-order valence-corrected chi connectivity index (χ0v) is 28.2. The number of carbonyl (C=O) groups excluding carboxylic acids is 2. The number of hydrogen-bond acceptors (Lipinski definition) is 6. The van der Waals surface area contributed by atoms with E-state index in [2.05, 4.69) is 37.9 Å². The van der Waals surface area contributed by atoms with Gasteiger partial charge in [0.15, 0.2) is 0 Å². The minimum atomic E-state index is -0.689. The third-order valence-electron chi connectivity index (χ3n) is 8.87. The van der Waals surface area contributed by atoms with Crippen molar-refractivity contribution in [1.29, 1.82) is 0 Å². The summed E-state index contributed by atoms with van der Waals surface area (Å²) in [5.41, 5.74) is 5.50. The lowest BCUT2D eigenvalue weighted by Gasteiger charge is -2.45. The Kier molecular flexibility index (Phi) is 10.5. The fourth-order valence-electron chi connectivity index (χ4n) is 6.68. The molecule has 4 aromatic rings. The standard InChI is InChI=1S/C35H38BrClN6O3/c1-46-23-32(44)43-17-16-41(34-30-11-10-29(37)19-26(30)8-9-27-18-28(36)20-39-33(27)34)22-31(43)35(45)42(21-25-6-3-2-4-7-25)14-5-13-40-15-12-38-24-40/h2-4,6-7,10-12,15,18-20,24,31,34H,5,8-9,13-14,16-17,21-23H2,1H3/t31-,34+/m1/s1. The summed E-state index contributed by atoms with van der Waals surface area (Å²) in [6.07, 6.45) is 9.74. The number of amides is 2. The van der Waals surface area contributed by atoms with E-state index in [-0.39, 0.29) is 24.5 Å². The number of rotatable bonds is 10.